The highest BCUT2D eigenvalue weighted by Gasteiger charge is 2.18. The van der Waals surface area contributed by atoms with Gasteiger partial charge in [0.15, 0.2) is 0 Å². The van der Waals surface area contributed by atoms with Crippen molar-refractivity contribution < 1.29 is 0 Å². The van der Waals surface area contributed by atoms with Gasteiger partial charge in [-0.05, 0) is 19.2 Å². The highest BCUT2D eigenvalue weighted by molar-refractivity contribution is 5.80. The van der Waals surface area contributed by atoms with Crippen molar-refractivity contribution in [2.75, 3.05) is 13.6 Å². The minimum absolute atomic E-state index is 1.02. The van der Waals surface area contributed by atoms with Crippen LogP contribution in [-0.4, -0.2) is 28.5 Å². The van der Waals surface area contributed by atoms with E-state index in [1.807, 2.05) is 12.3 Å². The molecular formula is C11H13N3. The third-order valence-electron chi connectivity index (χ3n) is 2.91. The number of hydrogen-bond acceptors (Lipinski definition) is 2. The summed E-state index contributed by atoms with van der Waals surface area (Å²) in [4.78, 5) is 10.2. The lowest BCUT2D eigenvalue weighted by Gasteiger charge is -2.21. The molecule has 0 aliphatic carbocycles. The van der Waals surface area contributed by atoms with E-state index in [-0.39, 0.29) is 0 Å². The van der Waals surface area contributed by atoms with Gasteiger partial charge < -0.3 is 9.88 Å². The second-order valence-corrected chi connectivity index (χ2v) is 3.97. The summed E-state index contributed by atoms with van der Waals surface area (Å²) in [6.07, 6.45) is 2.98. The second kappa shape index (κ2) is 2.82. The fourth-order valence-corrected chi connectivity index (χ4v) is 2.16. The summed E-state index contributed by atoms with van der Waals surface area (Å²) in [5.41, 5.74) is 5.08. The van der Waals surface area contributed by atoms with Crippen LogP contribution >= 0.6 is 0 Å². The van der Waals surface area contributed by atoms with Crippen molar-refractivity contribution in [3.05, 3.63) is 29.6 Å². The molecule has 0 spiro atoms. The summed E-state index contributed by atoms with van der Waals surface area (Å²) in [7, 11) is 2.16. The van der Waals surface area contributed by atoms with Gasteiger partial charge in [0, 0.05) is 37.0 Å². The zero-order valence-electron chi connectivity index (χ0n) is 8.25. The molecule has 3 heteroatoms. The predicted octanol–water partition coefficient (Wildman–Crippen LogP) is 1.55. The number of H-pyrrole nitrogens is 1. The lowest BCUT2D eigenvalue weighted by Crippen LogP contribution is -2.26. The molecule has 0 aromatic carbocycles. The summed E-state index contributed by atoms with van der Waals surface area (Å²) in [6.45, 7) is 2.16. The van der Waals surface area contributed by atoms with Crippen molar-refractivity contribution in [3.63, 3.8) is 0 Å². The van der Waals surface area contributed by atoms with Crippen LogP contribution in [-0.2, 0) is 13.0 Å². The van der Waals surface area contributed by atoms with Crippen LogP contribution in [0.25, 0.3) is 11.0 Å². The fraction of sp³-hybridized carbons (Fsp3) is 0.364. The zero-order chi connectivity index (χ0) is 9.54. The van der Waals surface area contributed by atoms with Gasteiger partial charge in [-0.25, -0.2) is 0 Å². The van der Waals surface area contributed by atoms with Crippen LogP contribution in [0.1, 0.15) is 11.3 Å². The Morgan fingerprint density at radius 1 is 1.50 bits per heavy atom. The van der Waals surface area contributed by atoms with Gasteiger partial charge in [0.05, 0.1) is 11.0 Å². The highest BCUT2D eigenvalue weighted by atomic mass is 15.1. The molecule has 1 aliphatic heterocycles. The summed E-state index contributed by atoms with van der Waals surface area (Å²) in [5.74, 6) is 0. The van der Waals surface area contributed by atoms with Gasteiger partial charge in [0.25, 0.3) is 0 Å². The average Bonchev–Trinajstić information content (AvgIpc) is 2.56. The Hall–Kier alpha value is -1.35. The first-order valence-electron chi connectivity index (χ1n) is 4.97. The van der Waals surface area contributed by atoms with Crippen LogP contribution in [0.15, 0.2) is 18.3 Å². The molecule has 1 N–H and O–H groups in total. The zero-order valence-corrected chi connectivity index (χ0v) is 8.25. The third-order valence-corrected chi connectivity index (χ3v) is 2.91. The molecule has 2 aromatic rings. The Balaban J connectivity index is 2.25. The van der Waals surface area contributed by atoms with Crippen LogP contribution in [0.4, 0.5) is 0 Å². The molecule has 0 amide bonds. The van der Waals surface area contributed by atoms with E-state index in [4.69, 9.17) is 0 Å². The number of aromatic nitrogens is 2. The van der Waals surface area contributed by atoms with Crippen molar-refractivity contribution in [2.45, 2.75) is 13.0 Å². The van der Waals surface area contributed by atoms with E-state index in [1.54, 1.807) is 0 Å². The molecule has 72 valence electrons. The van der Waals surface area contributed by atoms with Crippen molar-refractivity contribution in [1.82, 2.24) is 14.9 Å². The van der Waals surface area contributed by atoms with Gasteiger partial charge in [0.1, 0.15) is 0 Å². The van der Waals surface area contributed by atoms with Gasteiger partial charge in [-0.2, -0.15) is 0 Å². The highest BCUT2D eigenvalue weighted by Crippen LogP contribution is 2.24. The maximum absolute atomic E-state index is 4.43. The molecule has 0 unspecified atom stereocenters. The quantitative estimate of drug-likeness (QED) is 0.678. The standard InChI is InChI=1S/C11H13N3/c1-14-6-4-9-8(7-14)11-10(13-9)3-2-5-12-11/h2-3,5,13H,4,6-7H2,1H3. The molecule has 0 fully saturated rings. The molecule has 0 radical (unpaired) electrons. The largest absolute Gasteiger partial charge is 0.357 e. The van der Waals surface area contributed by atoms with E-state index in [1.165, 1.54) is 16.8 Å². The van der Waals surface area contributed by atoms with Crippen LogP contribution in [0.3, 0.4) is 0 Å². The van der Waals surface area contributed by atoms with E-state index in [0.717, 1.165) is 25.0 Å². The van der Waals surface area contributed by atoms with Gasteiger partial charge >= 0.3 is 0 Å². The minimum atomic E-state index is 1.02. The summed E-state index contributed by atoms with van der Waals surface area (Å²) in [5, 5.41) is 0. The summed E-state index contributed by atoms with van der Waals surface area (Å²) in [6, 6.07) is 4.08. The lowest BCUT2D eigenvalue weighted by molar-refractivity contribution is 0.313. The maximum Gasteiger partial charge on any atom is 0.0926 e. The maximum atomic E-state index is 4.43. The monoisotopic (exact) mass is 187 g/mol. The summed E-state index contributed by atoms with van der Waals surface area (Å²) >= 11 is 0. The molecule has 0 saturated heterocycles. The molecule has 0 bridgehead atoms. The Bertz CT molecular complexity index is 472. The Labute approximate surface area is 82.8 Å². The normalized spacial score (nSPS) is 17.2. The van der Waals surface area contributed by atoms with E-state index < -0.39 is 0 Å². The number of aromatic amines is 1. The van der Waals surface area contributed by atoms with Gasteiger partial charge in [-0.3, -0.25) is 4.98 Å². The number of nitrogens with one attached hydrogen (secondary N) is 1. The van der Waals surface area contributed by atoms with E-state index in [9.17, 15) is 0 Å². The molecular weight excluding hydrogens is 174 g/mol. The Morgan fingerprint density at radius 3 is 3.36 bits per heavy atom. The topological polar surface area (TPSA) is 31.9 Å². The number of rotatable bonds is 0. The molecule has 14 heavy (non-hydrogen) atoms. The molecule has 2 aromatic heterocycles. The first kappa shape index (κ1) is 8.00. The molecule has 3 nitrogen and oxygen atoms in total. The van der Waals surface area contributed by atoms with Crippen LogP contribution in [0, 0.1) is 0 Å². The number of pyridine rings is 1. The molecule has 0 saturated carbocycles. The number of fused-ring (bicyclic) bond motifs is 3. The number of nitrogens with zero attached hydrogens (tertiary/aromatic N) is 2. The van der Waals surface area contributed by atoms with Crippen molar-refractivity contribution in [2.24, 2.45) is 0 Å². The van der Waals surface area contributed by atoms with Crippen LogP contribution in [0.2, 0.25) is 0 Å². The Morgan fingerprint density at radius 2 is 2.43 bits per heavy atom. The lowest BCUT2D eigenvalue weighted by atomic mass is 10.1. The van der Waals surface area contributed by atoms with Gasteiger partial charge in [-0.1, -0.05) is 0 Å². The number of hydrogen-bond donors (Lipinski definition) is 1. The first-order valence-corrected chi connectivity index (χ1v) is 4.97. The SMILES string of the molecule is CN1CCc2[nH]c3cccnc3c2C1. The smallest absolute Gasteiger partial charge is 0.0926 e. The first-order chi connectivity index (χ1) is 6.84. The van der Waals surface area contributed by atoms with Crippen LogP contribution in [0.5, 0.6) is 0 Å². The van der Waals surface area contributed by atoms with Crippen LogP contribution < -0.4 is 0 Å². The fourth-order valence-electron chi connectivity index (χ4n) is 2.16. The number of likely N-dealkylation sites (N-methyl/N-ethyl adjacent to an activating group) is 1. The van der Waals surface area contributed by atoms with E-state index in [0.29, 0.717) is 0 Å². The van der Waals surface area contributed by atoms with Gasteiger partial charge in [-0.15, -0.1) is 0 Å². The minimum Gasteiger partial charge on any atom is -0.357 e. The molecule has 0 atom stereocenters. The predicted molar refractivity (Wildman–Crippen MR) is 56.1 cm³/mol. The van der Waals surface area contributed by atoms with Crippen molar-refractivity contribution in [1.29, 1.82) is 0 Å². The van der Waals surface area contributed by atoms with Gasteiger partial charge in [0.2, 0.25) is 0 Å². The van der Waals surface area contributed by atoms with Crippen molar-refractivity contribution >= 4 is 11.0 Å². The average molecular weight is 187 g/mol. The summed E-state index contributed by atoms with van der Waals surface area (Å²) < 4.78 is 0. The molecule has 3 heterocycles. The van der Waals surface area contributed by atoms with Crippen molar-refractivity contribution in [3.8, 4) is 0 Å². The molecule has 1 aliphatic rings. The van der Waals surface area contributed by atoms with E-state index in [2.05, 4.69) is 28.0 Å². The third kappa shape index (κ3) is 1.06. The van der Waals surface area contributed by atoms with E-state index >= 15 is 0 Å². The molecule has 3 rings (SSSR count). The second-order valence-electron chi connectivity index (χ2n) is 3.97. The Kier molecular flexibility index (Phi) is 1.61.